The zero-order valence-electron chi connectivity index (χ0n) is 14.7. The topological polar surface area (TPSA) is 49.9 Å². The molecule has 1 aliphatic heterocycles. The van der Waals surface area contributed by atoms with Crippen molar-refractivity contribution in [2.75, 3.05) is 39.8 Å². The SMILES string of the molecule is COc1ccccc1C(=O)N1CCN(CC(=O)c2ccc(F)cc2)CC1. The van der Waals surface area contributed by atoms with E-state index in [1.165, 1.54) is 24.3 Å². The summed E-state index contributed by atoms with van der Waals surface area (Å²) in [5.41, 5.74) is 1.05. The second-order valence-corrected chi connectivity index (χ2v) is 6.20. The lowest BCUT2D eigenvalue weighted by Gasteiger charge is -2.34. The molecule has 26 heavy (non-hydrogen) atoms. The lowest BCUT2D eigenvalue weighted by Crippen LogP contribution is -2.49. The molecular formula is C20H21FN2O3. The van der Waals surface area contributed by atoms with Crippen LogP contribution < -0.4 is 4.74 Å². The fourth-order valence-electron chi connectivity index (χ4n) is 3.03. The van der Waals surface area contributed by atoms with Gasteiger partial charge in [-0.25, -0.2) is 4.39 Å². The third kappa shape index (κ3) is 4.08. The van der Waals surface area contributed by atoms with Gasteiger partial charge in [-0.3, -0.25) is 14.5 Å². The van der Waals surface area contributed by atoms with Crippen LogP contribution in [0.4, 0.5) is 4.39 Å². The number of carbonyl (C=O) groups excluding carboxylic acids is 2. The summed E-state index contributed by atoms with van der Waals surface area (Å²) in [6, 6.07) is 12.7. The van der Waals surface area contributed by atoms with Gasteiger partial charge in [-0.15, -0.1) is 0 Å². The Kier molecular flexibility index (Phi) is 5.63. The number of ketones is 1. The number of para-hydroxylation sites is 1. The van der Waals surface area contributed by atoms with Gasteiger partial charge in [0.25, 0.3) is 5.91 Å². The molecule has 136 valence electrons. The van der Waals surface area contributed by atoms with Crippen LogP contribution in [-0.2, 0) is 0 Å². The van der Waals surface area contributed by atoms with Gasteiger partial charge in [0.15, 0.2) is 5.78 Å². The van der Waals surface area contributed by atoms with E-state index in [0.717, 1.165) is 0 Å². The minimum Gasteiger partial charge on any atom is -0.496 e. The molecule has 0 spiro atoms. The maximum atomic E-state index is 13.0. The normalized spacial score (nSPS) is 14.9. The summed E-state index contributed by atoms with van der Waals surface area (Å²) in [5.74, 6) is 0.0953. The number of Topliss-reactive ketones (excluding diaryl/α,β-unsaturated/α-hetero) is 1. The van der Waals surface area contributed by atoms with Crippen LogP contribution in [-0.4, -0.2) is 61.3 Å². The van der Waals surface area contributed by atoms with Crippen molar-refractivity contribution in [2.45, 2.75) is 0 Å². The molecule has 0 unspecified atom stereocenters. The van der Waals surface area contributed by atoms with Gasteiger partial charge < -0.3 is 9.64 Å². The molecule has 0 saturated carbocycles. The summed E-state index contributed by atoms with van der Waals surface area (Å²) in [6.45, 7) is 2.60. The molecule has 0 aliphatic carbocycles. The number of halogens is 1. The third-order valence-corrected chi connectivity index (χ3v) is 4.53. The van der Waals surface area contributed by atoms with Crippen LogP contribution in [0, 0.1) is 5.82 Å². The van der Waals surface area contributed by atoms with Gasteiger partial charge in [0.1, 0.15) is 11.6 Å². The molecule has 1 amide bonds. The van der Waals surface area contributed by atoms with Gasteiger partial charge in [-0.05, 0) is 36.4 Å². The van der Waals surface area contributed by atoms with E-state index in [0.29, 0.717) is 43.1 Å². The number of nitrogens with zero attached hydrogens (tertiary/aromatic N) is 2. The van der Waals surface area contributed by atoms with Crippen LogP contribution in [0.15, 0.2) is 48.5 Å². The van der Waals surface area contributed by atoms with E-state index in [1.807, 2.05) is 17.0 Å². The largest absolute Gasteiger partial charge is 0.496 e. The van der Waals surface area contributed by atoms with E-state index in [2.05, 4.69) is 0 Å². The number of piperazine rings is 1. The standard InChI is InChI=1S/C20H21FN2O3/c1-26-19-5-3-2-4-17(19)20(25)23-12-10-22(11-13-23)14-18(24)15-6-8-16(21)9-7-15/h2-9H,10-14H2,1H3. The van der Waals surface area contributed by atoms with Gasteiger partial charge in [-0.1, -0.05) is 12.1 Å². The minimum atomic E-state index is -0.356. The Morgan fingerprint density at radius 3 is 2.31 bits per heavy atom. The first-order valence-electron chi connectivity index (χ1n) is 8.52. The van der Waals surface area contributed by atoms with E-state index in [4.69, 9.17) is 4.74 Å². The van der Waals surface area contributed by atoms with Crippen molar-refractivity contribution in [3.05, 3.63) is 65.5 Å². The average molecular weight is 356 g/mol. The summed E-state index contributed by atoms with van der Waals surface area (Å²) in [6.07, 6.45) is 0. The highest BCUT2D eigenvalue weighted by molar-refractivity contribution is 5.98. The number of benzene rings is 2. The van der Waals surface area contributed by atoms with Crippen LogP contribution in [0.3, 0.4) is 0 Å². The summed E-state index contributed by atoms with van der Waals surface area (Å²) in [7, 11) is 1.55. The minimum absolute atomic E-state index is 0.0468. The lowest BCUT2D eigenvalue weighted by molar-refractivity contribution is 0.0621. The highest BCUT2D eigenvalue weighted by Gasteiger charge is 2.25. The second kappa shape index (κ2) is 8.10. The number of methoxy groups -OCH3 is 1. The van der Waals surface area contributed by atoms with Crippen molar-refractivity contribution in [3.8, 4) is 5.75 Å². The second-order valence-electron chi connectivity index (χ2n) is 6.20. The van der Waals surface area contributed by atoms with Crippen molar-refractivity contribution >= 4 is 11.7 Å². The van der Waals surface area contributed by atoms with Crippen LogP contribution in [0.1, 0.15) is 20.7 Å². The first-order valence-corrected chi connectivity index (χ1v) is 8.52. The Morgan fingerprint density at radius 1 is 1.00 bits per heavy atom. The molecule has 5 nitrogen and oxygen atoms in total. The number of hydrogen-bond donors (Lipinski definition) is 0. The summed E-state index contributed by atoms with van der Waals surface area (Å²) >= 11 is 0. The molecule has 0 radical (unpaired) electrons. The summed E-state index contributed by atoms with van der Waals surface area (Å²) < 4.78 is 18.2. The van der Waals surface area contributed by atoms with E-state index in [-0.39, 0.29) is 24.1 Å². The molecule has 1 aliphatic rings. The number of rotatable bonds is 5. The van der Waals surface area contributed by atoms with Gasteiger partial charge in [0, 0.05) is 31.7 Å². The highest BCUT2D eigenvalue weighted by Crippen LogP contribution is 2.20. The fraction of sp³-hybridized carbons (Fsp3) is 0.300. The number of carbonyl (C=O) groups is 2. The zero-order valence-corrected chi connectivity index (χ0v) is 14.7. The van der Waals surface area contributed by atoms with Gasteiger partial charge in [0.2, 0.25) is 0 Å². The van der Waals surface area contributed by atoms with Crippen molar-refractivity contribution in [3.63, 3.8) is 0 Å². The van der Waals surface area contributed by atoms with E-state index in [9.17, 15) is 14.0 Å². The maximum absolute atomic E-state index is 13.0. The predicted octanol–water partition coefficient (Wildman–Crippen LogP) is 2.48. The molecule has 0 atom stereocenters. The zero-order chi connectivity index (χ0) is 18.5. The van der Waals surface area contributed by atoms with Crippen LogP contribution in [0.5, 0.6) is 5.75 Å². The molecule has 6 heteroatoms. The Balaban J connectivity index is 1.56. The first kappa shape index (κ1) is 18.1. The number of amides is 1. The molecular weight excluding hydrogens is 335 g/mol. The van der Waals surface area contributed by atoms with Crippen molar-refractivity contribution < 1.29 is 18.7 Å². The van der Waals surface area contributed by atoms with Gasteiger partial charge in [-0.2, -0.15) is 0 Å². The molecule has 2 aromatic rings. The molecule has 3 rings (SSSR count). The van der Waals surface area contributed by atoms with Crippen LogP contribution in [0.25, 0.3) is 0 Å². The summed E-state index contributed by atoms with van der Waals surface area (Å²) in [5, 5.41) is 0. The Labute approximate surface area is 152 Å². The Bertz CT molecular complexity index is 784. The van der Waals surface area contributed by atoms with Crippen LogP contribution in [0.2, 0.25) is 0 Å². The molecule has 0 N–H and O–H groups in total. The average Bonchev–Trinajstić information content (AvgIpc) is 2.68. The maximum Gasteiger partial charge on any atom is 0.257 e. The van der Waals surface area contributed by atoms with Crippen molar-refractivity contribution in [1.82, 2.24) is 9.80 Å². The quantitative estimate of drug-likeness (QED) is 0.773. The Hall–Kier alpha value is -2.73. The van der Waals surface area contributed by atoms with Crippen molar-refractivity contribution in [2.24, 2.45) is 0 Å². The summed E-state index contributed by atoms with van der Waals surface area (Å²) in [4.78, 5) is 28.8. The van der Waals surface area contributed by atoms with Gasteiger partial charge in [0.05, 0.1) is 19.2 Å². The van der Waals surface area contributed by atoms with Crippen molar-refractivity contribution in [1.29, 1.82) is 0 Å². The smallest absolute Gasteiger partial charge is 0.257 e. The monoisotopic (exact) mass is 356 g/mol. The van der Waals surface area contributed by atoms with Crippen LogP contribution >= 0.6 is 0 Å². The highest BCUT2D eigenvalue weighted by atomic mass is 19.1. The van der Waals surface area contributed by atoms with E-state index < -0.39 is 0 Å². The molecule has 0 aromatic heterocycles. The van der Waals surface area contributed by atoms with E-state index >= 15 is 0 Å². The lowest BCUT2D eigenvalue weighted by atomic mass is 10.1. The molecule has 0 bridgehead atoms. The predicted molar refractivity (Wildman–Crippen MR) is 96.1 cm³/mol. The molecule has 2 aromatic carbocycles. The third-order valence-electron chi connectivity index (χ3n) is 4.53. The molecule has 1 fully saturated rings. The molecule has 1 heterocycles. The van der Waals surface area contributed by atoms with Gasteiger partial charge >= 0.3 is 0 Å². The fourth-order valence-corrected chi connectivity index (χ4v) is 3.03. The number of hydrogen-bond acceptors (Lipinski definition) is 4. The Morgan fingerprint density at radius 2 is 1.65 bits per heavy atom. The molecule has 1 saturated heterocycles. The van der Waals surface area contributed by atoms with E-state index in [1.54, 1.807) is 24.1 Å². The first-order chi connectivity index (χ1) is 12.6. The number of ether oxygens (including phenoxy) is 1.